The van der Waals surface area contributed by atoms with Gasteiger partial charge in [0, 0.05) is 25.4 Å². The van der Waals surface area contributed by atoms with Crippen LogP contribution in [0, 0.1) is 5.92 Å². The van der Waals surface area contributed by atoms with Crippen molar-refractivity contribution < 1.29 is 9.59 Å². The van der Waals surface area contributed by atoms with Crippen molar-refractivity contribution in [1.82, 2.24) is 4.90 Å². The van der Waals surface area contributed by atoms with Crippen LogP contribution in [0.25, 0.3) is 0 Å². The van der Waals surface area contributed by atoms with Gasteiger partial charge in [-0.25, -0.2) is 0 Å². The summed E-state index contributed by atoms with van der Waals surface area (Å²) >= 11 is 0. The first-order valence-corrected chi connectivity index (χ1v) is 3.47. The van der Waals surface area contributed by atoms with Crippen LogP contribution >= 0.6 is 0 Å². The molecule has 1 amide bonds. The number of rotatable bonds is 3. The van der Waals surface area contributed by atoms with E-state index in [1.54, 1.807) is 4.90 Å². The summed E-state index contributed by atoms with van der Waals surface area (Å²) in [5.41, 5.74) is 0. The molecule has 0 spiro atoms. The zero-order valence-electron chi connectivity index (χ0n) is 6.04. The lowest BCUT2D eigenvalue weighted by molar-refractivity contribution is -0.140. The van der Waals surface area contributed by atoms with Gasteiger partial charge in [0.05, 0.1) is 0 Å². The molecule has 10 heavy (non-hydrogen) atoms. The topological polar surface area (TPSA) is 37.4 Å². The Labute approximate surface area is 60.0 Å². The van der Waals surface area contributed by atoms with E-state index in [0.29, 0.717) is 13.0 Å². The van der Waals surface area contributed by atoms with E-state index in [4.69, 9.17) is 0 Å². The number of carbonyl (C=O) groups excluding carboxylic acids is 2. The van der Waals surface area contributed by atoms with Crippen molar-refractivity contribution in [3.05, 3.63) is 0 Å². The predicted molar refractivity (Wildman–Crippen MR) is 36.4 cm³/mol. The van der Waals surface area contributed by atoms with Gasteiger partial charge in [-0.15, -0.1) is 0 Å². The largest absolute Gasteiger partial charge is 0.341 e. The Hall–Kier alpha value is -0.860. The number of carbonyl (C=O) groups is 2. The molecule has 0 aromatic carbocycles. The molecule has 1 saturated heterocycles. The molecule has 0 saturated carbocycles. The number of hydrogen-bond acceptors (Lipinski definition) is 2. The van der Waals surface area contributed by atoms with E-state index >= 15 is 0 Å². The van der Waals surface area contributed by atoms with Gasteiger partial charge in [-0.2, -0.15) is 0 Å². The summed E-state index contributed by atoms with van der Waals surface area (Å²) in [6.45, 7) is 3.25. The number of hydrogen-bond donors (Lipinski definition) is 0. The maximum atomic E-state index is 10.7. The number of aldehydes is 1. The maximum absolute atomic E-state index is 10.7. The van der Waals surface area contributed by atoms with Crippen molar-refractivity contribution in [2.45, 2.75) is 13.3 Å². The van der Waals surface area contributed by atoms with Gasteiger partial charge >= 0.3 is 0 Å². The van der Waals surface area contributed by atoms with Crippen molar-refractivity contribution >= 4 is 12.2 Å². The summed E-state index contributed by atoms with van der Waals surface area (Å²) < 4.78 is 0. The van der Waals surface area contributed by atoms with Crippen molar-refractivity contribution in [3.8, 4) is 0 Å². The molecule has 1 heterocycles. The maximum Gasteiger partial charge on any atom is 0.224 e. The highest BCUT2D eigenvalue weighted by molar-refractivity contribution is 5.81. The van der Waals surface area contributed by atoms with Gasteiger partial charge < -0.3 is 9.69 Å². The molecular formula is C7H11NO2. The van der Waals surface area contributed by atoms with Crippen LogP contribution in [0.15, 0.2) is 0 Å². The summed E-state index contributed by atoms with van der Waals surface area (Å²) in [6, 6.07) is 0. The van der Waals surface area contributed by atoms with Gasteiger partial charge in [0.15, 0.2) is 0 Å². The highest BCUT2D eigenvalue weighted by Gasteiger charge is 2.24. The molecule has 0 aromatic rings. The van der Waals surface area contributed by atoms with E-state index in [1.807, 2.05) is 6.92 Å². The zero-order chi connectivity index (χ0) is 7.56. The van der Waals surface area contributed by atoms with Crippen LogP contribution < -0.4 is 0 Å². The highest BCUT2D eigenvalue weighted by Crippen LogP contribution is 2.09. The summed E-state index contributed by atoms with van der Waals surface area (Å²) in [6.07, 6.45) is 1.54. The lowest BCUT2D eigenvalue weighted by atomic mass is 10.1. The fourth-order valence-corrected chi connectivity index (χ4v) is 0.945. The Morgan fingerprint density at radius 3 is 2.80 bits per heavy atom. The SMILES string of the molecule is CC(C=O)CN1CCC1=O. The van der Waals surface area contributed by atoms with E-state index < -0.39 is 0 Å². The first-order chi connectivity index (χ1) is 4.74. The molecule has 1 unspecified atom stereocenters. The summed E-state index contributed by atoms with van der Waals surface area (Å²) in [7, 11) is 0. The molecule has 0 aromatic heterocycles. The van der Waals surface area contributed by atoms with Crippen LogP contribution in [-0.4, -0.2) is 30.2 Å². The zero-order valence-corrected chi connectivity index (χ0v) is 6.04. The molecular weight excluding hydrogens is 130 g/mol. The molecule has 56 valence electrons. The standard InChI is InChI=1S/C7H11NO2/c1-6(5-9)4-8-3-2-7(8)10/h5-6H,2-4H2,1H3. The monoisotopic (exact) mass is 141 g/mol. The number of nitrogens with zero attached hydrogens (tertiary/aromatic N) is 1. The summed E-state index contributed by atoms with van der Waals surface area (Å²) in [4.78, 5) is 22.5. The third-order valence-corrected chi connectivity index (χ3v) is 1.69. The molecule has 1 rings (SSSR count). The Bertz CT molecular complexity index is 156. The van der Waals surface area contributed by atoms with Gasteiger partial charge in [-0.05, 0) is 0 Å². The number of amides is 1. The van der Waals surface area contributed by atoms with Gasteiger partial charge in [0.2, 0.25) is 5.91 Å². The molecule has 1 atom stereocenters. The van der Waals surface area contributed by atoms with Gasteiger partial charge in [-0.1, -0.05) is 6.92 Å². The fraction of sp³-hybridized carbons (Fsp3) is 0.714. The predicted octanol–water partition coefficient (Wildman–Crippen LogP) is 0.0537. The first kappa shape index (κ1) is 7.25. The Balaban J connectivity index is 2.25. The third-order valence-electron chi connectivity index (χ3n) is 1.69. The Morgan fingerprint density at radius 1 is 1.80 bits per heavy atom. The van der Waals surface area contributed by atoms with Gasteiger partial charge in [0.1, 0.15) is 6.29 Å². The van der Waals surface area contributed by atoms with E-state index in [-0.39, 0.29) is 11.8 Å². The highest BCUT2D eigenvalue weighted by atomic mass is 16.2. The minimum absolute atomic E-state index is 0.00995. The minimum Gasteiger partial charge on any atom is -0.341 e. The van der Waals surface area contributed by atoms with Crippen LogP contribution in [0.3, 0.4) is 0 Å². The van der Waals surface area contributed by atoms with Crippen LogP contribution in [-0.2, 0) is 9.59 Å². The van der Waals surface area contributed by atoms with Crippen molar-refractivity contribution in [3.63, 3.8) is 0 Å². The molecule has 3 nitrogen and oxygen atoms in total. The minimum atomic E-state index is -0.00995. The molecule has 0 aliphatic carbocycles. The first-order valence-electron chi connectivity index (χ1n) is 3.47. The van der Waals surface area contributed by atoms with Crippen LogP contribution in [0.5, 0.6) is 0 Å². The fourth-order valence-electron chi connectivity index (χ4n) is 0.945. The second kappa shape index (κ2) is 2.82. The second-order valence-electron chi connectivity index (χ2n) is 2.70. The third kappa shape index (κ3) is 1.35. The molecule has 0 bridgehead atoms. The molecule has 3 heteroatoms. The lowest BCUT2D eigenvalue weighted by Gasteiger charge is -2.31. The summed E-state index contributed by atoms with van der Waals surface area (Å²) in [5, 5.41) is 0. The molecule has 1 fully saturated rings. The average molecular weight is 141 g/mol. The normalized spacial score (nSPS) is 20.1. The van der Waals surface area contributed by atoms with E-state index in [2.05, 4.69) is 0 Å². The smallest absolute Gasteiger partial charge is 0.224 e. The van der Waals surface area contributed by atoms with Gasteiger partial charge in [-0.3, -0.25) is 4.79 Å². The molecule has 0 radical (unpaired) electrons. The number of likely N-dealkylation sites (tertiary alicyclic amines) is 1. The van der Waals surface area contributed by atoms with Crippen molar-refractivity contribution in [2.24, 2.45) is 5.92 Å². The average Bonchev–Trinajstić information content (AvgIpc) is 1.96. The van der Waals surface area contributed by atoms with Crippen LogP contribution in [0.2, 0.25) is 0 Å². The lowest BCUT2D eigenvalue weighted by Crippen LogP contribution is -2.45. The quantitative estimate of drug-likeness (QED) is 0.411. The number of β-lactam (4-membered cyclic amide) rings is 1. The van der Waals surface area contributed by atoms with E-state index in [9.17, 15) is 9.59 Å². The van der Waals surface area contributed by atoms with E-state index in [0.717, 1.165) is 12.8 Å². The van der Waals surface area contributed by atoms with E-state index in [1.165, 1.54) is 0 Å². The van der Waals surface area contributed by atoms with Gasteiger partial charge in [0.25, 0.3) is 0 Å². The van der Waals surface area contributed by atoms with Crippen LogP contribution in [0.1, 0.15) is 13.3 Å². The Morgan fingerprint density at radius 2 is 2.50 bits per heavy atom. The molecule has 1 aliphatic rings. The molecule has 0 N–H and O–H groups in total. The molecule has 1 aliphatic heterocycles. The van der Waals surface area contributed by atoms with Crippen molar-refractivity contribution in [1.29, 1.82) is 0 Å². The summed E-state index contributed by atoms with van der Waals surface area (Å²) in [5.74, 6) is 0.165. The Kier molecular flexibility index (Phi) is 2.04. The van der Waals surface area contributed by atoms with Crippen LogP contribution in [0.4, 0.5) is 0 Å². The second-order valence-corrected chi connectivity index (χ2v) is 2.70. The van der Waals surface area contributed by atoms with Crippen molar-refractivity contribution in [2.75, 3.05) is 13.1 Å².